The standard InChI is InChI=1S/C19H21FN2O4/c1-4-22-12(2)9-15(13(22)3)17(23)11-26-18(24)10-21-19(25)14-7-5-6-8-16(14)20/h5-9H,4,10-11H2,1-3H3,(H,21,25). The SMILES string of the molecule is CCn1c(C)cc(C(=O)COC(=O)CNC(=O)c2ccccc2F)c1C. The Balaban J connectivity index is 1.86. The number of rotatable bonds is 7. The average molecular weight is 360 g/mol. The van der Waals surface area contributed by atoms with Gasteiger partial charge in [0.1, 0.15) is 12.4 Å². The normalized spacial score (nSPS) is 10.5. The summed E-state index contributed by atoms with van der Waals surface area (Å²) in [6.45, 7) is 5.59. The topological polar surface area (TPSA) is 77.4 Å². The predicted octanol–water partition coefficient (Wildman–Crippen LogP) is 2.42. The maximum atomic E-state index is 13.5. The fourth-order valence-electron chi connectivity index (χ4n) is 2.74. The first-order valence-corrected chi connectivity index (χ1v) is 8.23. The van der Waals surface area contributed by atoms with E-state index in [2.05, 4.69) is 5.32 Å². The Morgan fingerprint density at radius 3 is 2.46 bits per heavy atom. The number of aromatic nitrogens is 1. The van der Waals surface area contributed by atoms with Crippen LogP contribution in [0.5, 0.6) is 0 Å². The number of hydrogen-bond donors (Lipinski definition) is 1. The molecule has 1 aromatic heterocycles. The molecule has 138 valence electrons. The monoisotopic (exact) mass is 360 g/mol. The highest BCUT2D eigenvalue weighted by atomic mass is 19.1. The molecule has 0 unspecified atom stereocenters. The second kappa shape index (κ2) is 8.42. The van der Waals surface area contributed by atoms with Gasteiger partial charge in [-0.25, -0.2) is 4.39 Å². The number of esters is 1. The number of hydrogen-bond acceptors (Lipinski definition) is 4. The summed E-state index contributed by atoms with van der Waals surface area (Å²) in [5.41, 5.74) is 2.12. The highest BCUT2D eigenvalue weighted by Crippen LogP contribution is 2.15. The summed E-state index contributed by atoms with van der Waals surface area (Å²) in [6, 6.07) is 7.19. The van der Waals surface area contributed by atoms with Gasteiger partial charge in [0.25, 0.3) is 5.91 Å². The third-order valence-corrected chi connectivity index (χ3v) is 4.07. The number of amides is 1. The van der Waals surface area contributed by atoms with Gasteiger partial charge in [0.2, 0.25) is 5.78 Å². The molecule has 1 heterocycles. The van der Waals surface area contributed by atoms with Gasteiger partial charge in [-0.05, 0) is 39.0 Å². The summed E-state index contributed by atoms with van der Waals surface area (Å²) in [7, 11) is 0. The fraction of sp³-hybridized carbons (Fsp3) is 0.316. The van der Waals surface area contributed by atoms with E-state index in [0.717, 1.165) is 24.0 Å². The molecule has 0 fully saturated rings. The van der Waals surface area contributed by atoms with Gasteiger partial charge in [0, 0.05) is 23.5 Å². The van der Waals surface area contributed by atoms with Crippen molar-refractivity contribution < 1.29 is 23.5 Å². The lowest BCUT2D eigenvalue weighted by atomic mass is 10.1. The highest BCUT2D eigenvalue weighted by Gasteiger charge is 2.17. The molecule has 1 amide bonds. The molecule has 0 atom stereocenters. The quantitative estimate of drug-likeness (QED) is 0.608. The molecule has 0 aliphatic heterocycles. The van der Waals surface area contributed by atoms with Crippen LogP contribution in [0.1, 0.15) is 39.0 Å². The number of benzene rings is 1. The molecular formula is C19H21FN2O4. The van der Waals surface area contributed by atoms with Gasteiger partial charge in [0.05, 0.1) is 5.56 Å². The number of ether oxygens (including phenoxy) is 1. The molecule has 0 bridgehead atoms. The molecule has 0 saturated carbocycles. The van der Waals surface area contributed by atoms with Crippen molar-refractivity contribution in [2.75, 3.05) is 13.2 Å². The molecule has 0 spiro atoms. The number of aryl methyl sites for hydroxylation is 1. The molecule has 1 N–H and O–H groups in total. The summed E-state index contributed by atoms with van der Waals surface area (Å²) >= 11 is 0. The van der Waals surface area contributed by atoms with Crippen molar-refractivity contribution in [2.45, 2.75) is 27.3 Å². The number of nitrogens with one attached hydrogen (secondary N) is 1. The van der Waals surface area contributed by atoms with Gasteiger partial charge in [-0.2, -0.15) is 0 Å². The van der Waals surface area contributed by atoms with E-state index in [-0.39, 0.29) is 11.3 Å². The van der Waals surface area contributed by atoms with Gasteiger partial charge < -0.3 is 14.6 Å². The predicted molar refractivity (Wildman–Crippen MR) is 93.6 cm³/mol. The maximum absolute atomic E-state index is 13.5. The minimum atomic E-state index is -0.771. The van der Waals surface area contributed by atoms with Crippen molar-refractivity contribution >= 4 is 17.7 Å². The van der Waals surface area contributed by atoms with E-state index in [9.17, 15) is 18.8 Å². The molecule has 0 aliphatic carbocycles. The zero-order valence-electron chi connectivity index (χ0n) is 15.0. The summed E-state index contributed by atoms with van der Waals surface area (Å²) in [6.07, 6.45) is 0. The van der Waals surface area contributed by atoms with E-state index in [0.29, 0.717) is 5.56 Å². The van der Waals surface area contributed by atoms with E-state index >= 15 is 0 Å². The van der Waals surface area contributed by atoms with E-state index < -0.39 is 30.8 Å². The molecule has 0 aliphatic rings. The van der Waals surface area contributed by atoms with Crippen LogP contribution in [-0.2, 0) is 16.1 Å². The molecular weight excluding hydrogens is 339 g/mol. The second-order valence-corrected chi connectivity index (χ2v) is 5.78. The van der Waals surface area contributed by atoms with Gasteiger partial charge in [-0.3, -0.25) is 14.4 Å². The second-order valence-electron chi connectivity index (χ2n) is 5.78. The summed E-state index contributed by atoms with van der Waals surface area (Å²) in [4.78, 5) is 35.8. The van der Waals surface area contributed by atoms with E-state index in [4.69, 9.17) is 4.74 Å². The van der Waals surface area contributed by atoms with Crippen LogP contribution < -0.4 is 5.32 Å². The lowest BCUT2D eigenvalue weighted by molar-refractivity contribution is -0.141. The number of ketones is 1. The first-order chi connectivity index (χ1) is 12.3. The molecule has 0 saturated heterocycles. The summed E-state index contributed by atoms with van der Waals surface area (Å²) in [5.74, 6) is -2.49. The van der Waals surface area contributed by atoms with Crippen LogP contribution in [0.15, 0.2) is 30.3 Å². The zero-order chi connectivity index (χ0) is 19.3. The Morgan fingerprint density at radius 1 is 1.15 bits per heavy atom. The maximum Gasteiger partial charge on any atom is 0.325 e. The van der Waals surface area contributed by atoms with Gasteiger partial charge in [0.15, 0.2) is 6.61 Å². The third kappa shape index (κ3) is 4.36. The lowest BCUT2D eigenvalue weighted by Gasteiger charge is -2.07. The number of Topliss-reactive ketones (excluding diaryl/α,β-unsaturated/α-hetero) is 1. The van der Waals surface area contributed by atoms with E-state index in [1.165, 1.54) is 18.2 Å². The van der Waals surface area contributed by atoms with Crippen molar-refractivity contribution in [3.63, 3.8) is 0 Å². The van der Waals surface area contributed by atoms with Gasteiger partial charge >= 0.3 is 5.97 Å². The van der Waals surface area contributed by atoms with Crippen LogP contribution in [0.25, 0.3) is 0 Å². The van der Waals surface area contributed by atoms with Crippen LogP contribution in [0.4, 0.5) is 4.39 Å². The molecule has 26 heavy (non-hydrogen) atoms. The first kappa shape index (κ1) is 19.4. The Kier molecular flexibility index (Phi) is 6.27. The molecule has 1 aromatic carbocycles. The number of nitrogens with zero attached hydrogens (tertiary/aromatic N) is 1. The Labute approximate surface area is 151 Å². The fourth-order valence-corrected chi connectivity index (χ4v) is 2.74. The Hall–Kier alpha value is -2.96. The Bertz CT molecular complexity index is 842. The molecule has 2 aromatic rings. The van der Waals surface area contributed by atoms with Crippen LogP contribution in [0.2, 0.25) is 0 Å². The lowest BCUT2D eigenvalue weighted by Crippen LogP contribution is -2.32. The van der Waals surface area contributed by atoms with E-state index in [1.807, 2.05) is 25.3 Å². The first-order valence-electron chi connectivity index (χ1n) is 8.23. The minimum absolute atomic E-state index is 0.164. The molecule has 7 heteroatoms. The van der Waals surface area contributed by atoms with Crippen molar-refractivity contribution in [1.82, 2.24) is 9.88 Å². The number of halogens is 1. The smallest absolute Gasteiger partial charge is 0.325 e. The van der Waals surface area contributed by atoms with Crippen molar-refractivity contribution in [3.05, 3.63) is 58.7 Å². The summed E-state index contributed by atoms with van der Waals surface area (Å²) in [5, 5.41) is 2.27. The van der Waals surface area contributed by atoms with Crippen LogP contribution in [0, 0.1) is 19.7 Å². The van der Waals surface area contributed by atoms with Gasteiger partial charge in [-0.1, -0.05) is 12.1 Å². The van der Waals surface area contributed by atoms with Gasteiger partial charge in [-0.15, -0.1) is 0 Å². The minimum Gasteiger partial charge on any atom is -0.456 e. The van der Waals surface area contributed by atoms with Crippen molar-refractivity contribution in [2.24, 2.45) is 0 Å². The number of carbonyl (C=O) groups is 3. The van der Waals surface area contributed by atoms with Crippen LogP contribution >= 0.6 is 0 Å². The Morgan fingerprint density at radius 2 is 1.85 bits per heavy atom. The van der Waals surface area contributed by atoms with Crippen LogP contribution in [0.3, 0.4) is 0 Å². The number of carbonyl (C=O) groups excluding carboxylic acids is 3. The van der Waals surface area contributed by atoms with Crippen molar-refractivity contribution in [1.29, 1.82) is 0 Å². The average Bonchev–Trinajstić information content (AvgIpc) is 2.91. The zero-order valence-corrected chi connectivity index (χ0v) is 15.0. The van der Waals surface area contributed by atoms with Crippen LogP contribution in [-0.4, -0.2) is 35.4 Å². The molecule has 2 rings (SSSR count). The molecule has 0 radical (unpaired) electrons. The summed E-state index contributed by atoms with van der Waals surface area (Å²) < 4.78 is 20.4. The largest absolute Gasteiger partial charge is 0.456 e. The third-order valence-electron chi connectivity index (χ3n) is 4.07. The highest BCUT2D eigenvalue weighted by molar-refractivity contribution is 6.00. The van der Waals surface area contributed by atoms with Crippen molar-refractivity contribution in [3.8, 4) is 0 Å². The van der Waals surface area contributed by atoms with E-state index in [1.54, 1.807) is 6.07 Å². The molecule has 6 nitrogen and oxygen atoms in total.